The molecule has 0 saturated heterocycles. The average Bonchev–Trinajstić information content (AvgIpc) is 2.72. The van der Waals surface area contributed by atoms with Gasteiger partial charge in [0, 0.05) is 34.2 Å². The molecule has 2 aromatic carbocycles. The molecule has 1 aliphatic rings. The Balaban J connectivity index is 1.99. The van der Waals surface area contributed by atoms with E-state index < -0.39 is 0 Å². The highest BCUT2D eigenvalue weighted by molar-refractivity contribution is 5.59. The van der Waals surface area contributed by atoms with Gasteiger partial charge in [-0.25, -0.2) is 0 Å². The minimum Gasteiger partial charge on any atom is -0.508 e. The van der Waals surface area contributed by atoms with E-state index in [1.165, 1.54) is 0 Å². The van der Waals surface area contributed by atoms with Crippen LogP contribution < -0.4 is 9.47 Å². The lowest BCUT2D eigenvalue weighted by Gasteiger charge is -2.28. The molecule has 0 aliphatic carbocycles. The van der Waals surface area contributed by atoms with Gasteiger partial charge < -0.3 is 24.8 Å². The molecule has 0 spiro atoms. The normalized spacial score (nSPS) is 14.9. The number of rotatable bonds is 6. The van der Waals surface area contributed by atoms with Gasteiger partial charge in [-0.15, -0.1) is 0 Å². The quantitative estimate of drug-likeness (QED) is 0.530. The minimum absolute atomic E-state index is 0.0764. The molecular weight excluding hydrogens is 392 g/mol. The maximum absolute atomic E-state index is 11.0. The van der Waals surface area contributed by atoms with Gasteiger partial charge >= 0.3 is 0 Å². The smallest absolute Gasteiger partial charge is 0.129 e. The lowest BCUT2D eigenvalue weighted by molar-refractivity contribution is 0.253. The van der Waals surface area contributed by atoms with E-state index in [1.807, 2.05) is 45.9 Å². The number of ether oxygens (including phenoxy) is 2. The van der Waals surface area contributed by atoms with Crippen molar-refractivity contribution in [2.24, 2.45) is 0 Å². The van der Waals surface area contributed by atoms with Crippen LogP contribution in [0.1, 0.15) is 55.9 Å². The number of phenolic OH excluding ortho intramolecular Hbond substituents is 3. The molecule has 1 aliphatic heterocycles. The first-order valence-corrected chi connectivity index (χ1v) is 10.6. The number of allylic oxidation sites excluding steroid dienone is 4. The molecule has 1 atom stereocenters. The SMILES string of the molecule is COc1cc2c(c(O)c1CC=C(C)C)C[C@@H](c1ccc(O)c(CC=C(C)C)c1O)CO2. The highest BCUT2D eigenvalue weighted by Gasteiger charge is 2.29. The summed E-state index contributed by atoms with van der Waals surface area (Å²) in [5.41, 5.74) is 4.93. The van der Waals surface area contributed by atoms with Gasteiger partial charge in [-0.1, -0.05) is 29.4 Å². The van der Waals surface area contributed by atoms with Crippen molar-refractivity contribution in [3.63, 3.8) is 0 Å². The third kappa shape index (κ3) is 4.82. The van der Waals surface area contributed by atoms with Gasteiger partial charge in [0.15, 0.2) is 0 Å². The molecule has 3 N–H and O–H groups in total. The summed E-state index contributed by atoms with van der Waals surface area (Å²) in [6.45, 7) is 8.35. The van der Waals surface area contributed by atoms with Gasteiger partial charge in [-0.2, -0.15) is 0 Å². The van der Waals surface area contributed by atoms with Crippen molar-refractivity contribution < 1.29 is 24.8 Å². The van der Waals surface area contributed by atoms with Gasteiger partial charge in [0.2, 0.25) is 0 Å². The maximum atomic E-state index is 11.0. The zero-order valence-corrected chi connectivity index (χ0v) is 19.0. The molecular formula is C26H32O5. The summed E-state index contributed by atoms with van der Waals surface area (Å²) < 4.78 is 11.5. The topological polar surface area (TPSA) is 79.2 Å². The Labute approximate surface area is 184 Å². The molecule has 0 fully saturated rings. The Bertz CT molecular complexity index is 1020. The van der Waals surface area contributed by atoms with Crippen LogP contribution in [0.3, 0.4) is 0 Å². The van der Waals surface area contributed by atoms with Crippen LogP contribution in [-0.2, 0) is 19.3 Å². The molecule has 31 heavy (non-hydrogen) atoms. The standard InChI is InChI=1S/C26H32O5/c1-15(2)6-8-19-22(27)11-10-18(25(19)28)17-12-21-24(31-14-17)13-23(30-5)20(26(21)29)9-7-16(3)4/h6-7,10-11,13,17,27-29H,8-9,12,14H2,1-5H3/t17-/m1/s1. The van der Waals surface area contributed by atoms with Crippen molar-refractivity contribution in [3.05, 3.63) is 63.8 Å². The molecule has 0 saturated carbocycles. The predicted molar refractivity (Wildman–Crippen MR) is 123 cm³/mol. The Morgan fingerprint density at radius 1 is 1.00 bits per heavy atom. The fraction of sp³-hybridized carbons (Fsp3) is 0.385. The molecule has 2 aromatic rings. The Hall–Kier alpha value is -3.08. The minimum atomic E-state index is -0.144. The third-order valence-corrected chi connectivity index (χ3v) is 5.70. The average molecular weight is 425 g/mol. The van der Waals surface area contributed by atoms with Gasteiger partial charge in [0.25, 0.3) is 0 Å². The van der Waals surface area contributed by atoms with E-state index in [2.05, 4.69) is 0 Å². The molecule has 1 heterocycles. The zero-order valence-electron chi connectivity index (χ0n) is 19.0. The Kier molecular flexibility index (Phi) is 6.84. The zero-order chi connectivity index (χ0) is 22.7. The highest BCUT2D eigenvalue weighted by atomic mass is 16.5. The summed E-state index contributed by atoms with van der Waals surface area (Å²) in [4.78, 5) is 0. The number of hydrogen-bond acceptors (Lipinski definition) is 5. The second-order valence-corrected chi connectivity index (χ2v) is 8.57. The molecule has 5 heteroatoms. The second kappa shape index (κ2) is 9.38. The summed E-state index contributed by atoms with van der Waals surface area (Å²) >= 11 is 0. The first-order chi connectivity index (χ1) is 14.7. The van der Waals surface area contributed by atoms with Gasteiger partial charge in [-0.3, -0.25) is 0 Å². The fourth-order valence-corrected chi connectivity index (χ4v) is 3.90. The lowest BCUT2D eigenvalue weighted by atomic mass is 9.86. The summed E-state index contributed by atoms with van der Waals surface area (Å²) in [5.74, 6) is 1.41. The number of hydrogen-bond donors (Lipinski definition) is 3. The monoisotopic (exact) mass is 424 g/mol. The van der Waals surface area contributed by atoms with Crippen LogP contribution in [0.5, 0.6) is 28.7 Å². The van der Waals surface area contributed by atoms with Crippen molar-refractivity contribution in [2.45, 2.75) is 52.9 Å². The van der Waals surface area contributed by atoms with E-state index in [9.17, 15) is 15.3 Å². The molecule has 0 aromatic heterocycles. The van der Waals surface area contributed by atoms with E-state index in [0.29, 0.717) is 54.1 Å². The molecule has 3 rings (SSSR count). The number of methoxy groups -OCH3 is 1. The summed E-state index contributed by atoms with van der Waals surface area (Å²) in [5, 5.41) is 32.2. The molecule has 0 radical (unpaired) electrons. The van der Waals surface area contributed by atoms with Gasteiger partial charge in [0.05, 0.1) is 13.7 Å². The molecule has 0 amide bonds. The Morgan fingerprint density at radius 2 is 1.65 bits per heavy atom. The highest BCUT2D eigenvalue weighted by Crippen LogP contribution is 2.46. The number of aromatic hydroxyl groups is 3. The van der Waals surface area contributed by atoms with Crippen LogP contribution in [0.2, 0.25) is 0 Å². The third-order valence-electron chi connectivity index (χ3n) is 5.70. The van der Waals surface area contributed by atoms with Gasteiger partial charge in [0.1, 0.15) is 28.7 Å². The van der Waals surface area contributed by atoms with Crippen LogP contribution in [-0.4, -0.2) is 29.0 Å². The summed E-state index contributed by atoms with van der Waals surface area (Å²) in [6, 6.07) is 5.18. The van der Waals surface area contributed by atoms with Crippen LogP contribution in [0.25, 0.3) is 0 Å². The van der Waals surface area contributed by atoms with Crippen molar-refractivity contribution in [3.8, 4) is 28.7 Å². The van der Waals surface area contributed by atoms with E-state index >= 15 is 0 Å². The predicted octanol–water partition coefficient (Wildman–Crippen LogP) is 5.55. The van der Waals surface area contributed by atoms with Crippen LogP contribution in [0.4, 0.5) is 0 Å². The van der Waals surface area contributed by atoms with Crippen molar-refractivity contribution in [1.29, 1.82) is 0 Å². The van der Waals surface area contributed by atoms with E-state index in [1.54, 1.807) is 19.2 Å². The fourth-order valence-electron chi connectivity index (χ4n) is 3.90. The Morgan fingerprint density at radius 3 is 2.26 bits per heavy atom. The van der Waals surface area contributed by atoms with Crippen LogP contribution in [0, 0.1) is 0 Å². The van der Waals surface area contributed by atoms with E-state index in [-0.39, 0.29) is 23.2 Å². The summed E-state index contributed by atoms with van der Waals surface area (Å²) in [6.07, 6.45) is 5.55. The second-order valence-electron chi connectivity index (χ2n) is 8.57. The summed E-state index contributed by atoms with van der Waals surface area (Å²) in [7, 11) is 1.58. The largest absolute Gasteiger partial charge is 0.508 e. The molecule has 166 valence electrons. The molecule has 0 unspecified atom stereocenters. The first-order valence-electron chi connectivity index (χ1n) is 10.6. The van der Waals surface area contributed by atoms with E-state index in [0.717, 1.165) is 16.7 Å². The molecule has 0 bridgehead atoms. The lowest BCUT2D eigenvalue weighted by Crippen LogP contribution is -2.20. The van der Waals surface area contributed by atoms with E-state index in [4.69, 9.17) is 9.47 Å². The molecule has 5 nitrogen and oxygen atoms in total. The van der Waals surface area contributed by atoms with Gasteiger partial charge in [-0.05, 0) is 53.0 Å². The van der Waals surface area contributed by atoms with Crippen molar-refractivity contribution in [2.75, 3.05) is 13.7 Å². The van der Waals surface area contributed by atoms with Crippen LogP contribution >= 0.6 is 0 Å². The van der Waals surface area contributed by atoms with Crippen molar-refractivity contribution in [1.82, 2.24) is 0 Å². The van der Waals surface area contributed by atoms with Crippen LogP contribution in [0.15, 0.2) is 41.5 Å². The first kappa shape index (κ1) is 22.6. The number of phenols is 3. The van der Waals surface area contributed by atoms with Crippen molar-refractivity contribution >= 4 is 0 Å². The number of benzene rings is 2. The maximum Gasteiger partial charge on any atom is 0.129 e. The number of fused-ring (bicyclic) bond motifs is 1.